The van der Waals surface area contributed by atoms with Crippen LogP contribution in [0.2, 0.25) is 0 Å². The van der Waals surface area contributed by atoms with E-state index in [4.69, 9.17) is 0 Å². The zero-order valence-electron chi connectivity index (χ0n) is 15.0. The van der Waals surface area contributed by atoms with E-state index in [0.717, 1.165) is 43.0 Å². The van der Waals surface area contributed by atoms with Gasteiger partial charge in [-0.05, 0) is 43.5 Å². The van der Waals surface area contributed by atoms with Gasteiger partial charge in [0.15, 0.2) is 0 Å². The molecule has 0 bridgehead atoms. The molecule has 4 rings (SSSR count). The van der Waals surface area contributed by atoms with Gasteiger partial charge in [0.1, 0.15) is 0 Å². The molecule has 148 valence electrons. The SMILES string of the molecule is O=C(O)Cc1c(SSSc2[nH]c3ccccc3c2CC(=O)O)[nH]c2ccccc12. The topological polar surface area (TPSA) is 106 Å². The number of aromatic nitrogens is 2. The first-order chi connectivity index (χ1) is 14.0. The van der Waals surface area contributed by atoms with Gasteiger partial charge in [-0.15, -0.1) is 0 Å². The number of carboxylic acid groups (broad SMARTS) is 2. The summed E-state index contributed by atoms with van der Waals surface area (Å²) >= 11 is 0. The predicted molar refractivity (Wildman–Crippen MR) is 119 cm³/mol. The summed E-state index contributed by atoms with van der Waals surface area (Å²) in [5.41, 5.74) is 3.31. The van der Waals surface area contributed by atoms with E-state index in [9.17, 15) is 19.8 Å². The summed E-state index contributed by atoms with van der Waals surface area (Å²) in [4.78, 5) is 29.2. The molecule has 4 N–H and O–H groups in total. The summed E-state index contributed by atoms with van der Waals surface area (Å²) in [7, 11) is 4.34. The molecule has 2 aromatic carbocycles. The minimum absolute atomic E-state index is 0.0613. The van der Waals surface area contributed by atoms with Crippen LogP contribution in [0.5, 0.6) is 0 Å². The van der Waals surface area contributed by atoms with Crippen LogP contribution in [-0.4, -0.2) is 32.1 Å². The van der Waals surface area contributed by atoms with Crippen LogP contribution in [0.3, 0.4) is 0 Å². The Hall–Kier alpha value is -2.49. The van der Waals surface area contributed by atoms with Crippen molar-refractivity contribution in [2.24, 2.45) is 0 Å². The fraction of sp³-hybridized carbons (Fsp3) is 0.100. The van der Waals surface area contributed by atoms with Crippen LogP contribution in [0.1, 0.15) is 11.1 Å². The van der Waals surface area contributed by atoms with Crippen LogP contribution in [0.4, 0.5) is 0 Å². The van der Waals surface area contributed by atoms with Crippen LogP contribution < -0.4 is 0 Å². The average molecular weight is 445 g/mol. The van der Waals surface area contributed by atoms with Crippen molar-refractivity contribution >= 4 is 65.2 Å². The summed E-state index contributed by atoms with van der Waals surface area (Å²) < 4.78 is 0. The molecule has 4 aromatic rings. The van der Waals surface area contributed by atoms with E-state index in [1.807, 2.05) is 48.5 Å². The van der Waals surface area contributed by atoms with Gasteiger partial charge in [-0.3, -0.25) is 9.59 Å². The third kappa shape index (κ3) is 4.26. The lowest BCUT2D eigenvalue weighted by Crippen LogP contribution is -2.00. The number of carboxylic acids is 2. The van der Waals surface area contributed by atoms with Gasteiger partial charge in [-0.2, -0.15) is 0 Å². The summed E-state index contributed by atoms with van der Waals surface area (Å²) in [5, 5.41) is 21.9. The molecule has 6 nitrogen and oxygen atoms in total. The summed E-state index contributed by atoms with van der Waals surface area (Å²) in [6.45, 7) is 0. The number of fused-ring (bicyclic) bond motifs is 2. The molecular formula is C20H16N2O4S3. The highest BCUT2D eigenvalue weighted by atomic mass is 33.5. The van der Waals surface area contributed by atoms with Gasteiger partial charge in [-0.25, -0.2) is 0 Å². The molecule has 0 radical (unpaired) electrons. The maximum Gasteiger partial charge on any atom is 0.307 e. The van der Waals surface area contributed by atoms with Crippen LogP contribution in [0.15, 0.2) is 58.6 Å². The second-order valence-electron chi connectivity index (χ2n) is 6.33. The Kier molecular flexibility index (Phi) is 5.79. The van der Waals surface area contributed by atoms with Crippen LogP contribution in [0, 0.1) is 0 Å². The molecule has 2 heterocycles. The molecule has 0 aliphatic heterocycles. The van der Waals surface area contributed by atoms with Crippen molar-refractivity contribution in [3.63, 3.8) is 0 Å². The molecule has 2 aromatic heterocycles. The molecule has 0 saturated heterocycles. The van der Waals surface area contributed by atoms with E-state index in [-0.39, 0.29) is 12.8 Å². The molecule has 0 unspecified atom stereocenters. The van der Waals surface area contributed by atoms with Gasteiger partial charge in [0, 0.05) is 32.9 Å². The highest BCUT2D eigenvalue weighted by molar-refractivity contribution is 9.09. The van der Waals surface area contributed by atoms with Gasteiger partial charge in [0.05, 0.1) is 22.9 Å². The molecule has 29 heavy (non-hydrogen) atoms. The minimum Gasteiger partial charge on any atom is -0.481 e. The second kappa shape index (κ2) is 8.48. The van der Waals surface area contributed by atoms with E-state index in [1.165, 1.54) is 31.4 Å². The monoisotopic (exact) mass is 444 g/mol. The fourth-order valence-corrected chi connectivity index (χ4v) is 7.17. The lowest BCUT2D eigenvalue weighted by molar-refractivity contribution is -0.137. The molecule has 0 amide bonds. The number of benzene rings is 2. The lowest BCUT2D eigenvalue weighted by Gasteiger charge is -2.03. The van der Waals surface area contributed by atoms with Crippen LogP contribution >= 0.6 is 31.4 Å². The normalized spacial score (nSPS) is 11.3. The molecule has 0 aliphatic carbocycles. The zero-order valence-corrected chi connectivity index (χ0v) is 17.4. The number of hydrogen-bond donors (Lipinski definition) is 4. The van der Waals surface area contributed by atoms with E-state index < -0.39 is 11.9 Å². The number of rotatable bonds is 8. The Morgan fingerprint density at radius 3 is 1.55 bits per heavy atom. The predicted octanol–water partition coefficient (Wildman–Crippen LogP) is 5.35. The first-order valence-electron chi connectivity index (χ1n) is 8.67. The standard InChI is InChI=1S/C20H16N2O4S3/c23-17(24)9-13-11-5-1-3-7-15(11)21-19(13)27-29-28-20-14(10-18(25)26)12-6-2-4-8-16(12)22-20/h1-8,21-22H,9-10H2,(H,23,24)(H,25,26). The number of H-pyrrole nitrogens is 2. The molecule has 0 atom stereocenters. The molecular weight excluding hydrogens is 428 g/mol. The number of hydrogen-bond acceptors (Lipinski definition) is 5. The highest BCUT2D eigenvalue weighted by Gasteiger charge is 2.18. The Morgan fingerprint density at radius 2 is 1.14 bits per heavy atom. The van der Waals surface area contributed by atoms with Crippen molar-refractivity contribution in [1.29, 1.82) is 0 Å². The van der Waals surface area contributed by atoms with Crippen molar-refractivity contribution in [1.82, 2.24) is 9.97 Å². The minimum atomic E-state index is -0.881. The molecule has 0 aliphatic rings. The number of carbonyl (C=O) groups is 2. The molecule has 0 spiro atoms. The summed E-state index contributed by atoms with van der Waals surface area (Å²) in [6.07, 6.45) is -0.123. The number of aromatic amines is 2. The highest BCUT2D eigenvalue weighted by Crippen LogP contribution is 2.47. The third-order valence-electron chi connectivity index (χ3n) is 4.44. The Morgan fingerprint density at radius 1 is 0.724 bits per heavy atom. The molecule has 9 heteroatoms. The summed E-state index contributed by atoms with van der Waals surface area (Å²) in [6, 6.07) is 15.3. The Balaban J connectivity index is 1.58. The molecule has 0 fully saturated rings. The maximum atomic E-state index is 11.3. The van der Waals surface area contributed by atoms with Crippen molar-refractivity contribution in [2.75, 3.05) is 0 Å². The quantitative estimate of drug-likeness (QED) is 0.271. The average Bonchev–Trinajstić information content (AvgIpc) is 3.20. The first-order valence-corrected chi connectivity index (χ1v) is 12.1. The van der Waals surface area contributed by atoms with Gasteiger partial charge in [0.25, 0.3) is 0 Å². The van der Waals surface area contributed by atoms with E-state index in [0.29, 0.717) is 0 Å². The fourth-order valence-electron chi connectivity index (χ4n) is 3.23. The number of para-hydroxylation sites is 2. The van der Waals surface area contributed by atoms with Gasteiger partial charge >= 0.3 is 11.9 Å². The van der Waals surface area contributed by atoms with Gasteiger partial charge in [-0.1, -0.05) is 36.4 Å². The third-order valence-corrected chi connectivity index (χ3v) is 8.24. The van der Waals surface area contributed by atoms with Gasteiger partial charge in [0.2, 0.25) is 0 Å². The zero-order chi connectivity index (χ0) is 20.4. The summed E-state index contributed by atoms with van der Waals surface area (Å²) in [5.74, 6) is -1.76. The van der Waals surface area contributed by atoms with Crippen LogP contribution in [-0.2, 0) is 22.4 Å². The van der Waals surface area contributed by atoms with E-state index >= 15 is 0 Å². The van der Waals surface area contributed by atoms with Crippen molar-refractivity contribution < 1.29 is 19.8 Å². The van der Waals surface area contributed by atoms with Crippen molar-refractivity contribution in [3.8, 4) is 0 Å². The Bertz CT molecular complexity index is 1120. The first kappa shape index (κ1) is 19.8. The van der Waals surface area contributed by atoms with Gasteiger partial charge < -0.3 is 20.2 Å². The smallest absolute Gasteiger partial charge is 0.307 e. The van der Waals surface area contributed by atoms with Crippen molar-refractivity contribution in [3.05, 3.63) is 59.7 Å². The van der Waals surface area contributed by atoms with Crippen LogP contribution in [0.25, 0.3) is 21.8 Å². The van der Waals surface area contributed by atoms with E-state index in [2.05, 4.69) is 9.97 Å². The maximum absolute atomic E-state index is 11.3. The Labute approximate surface area is 177 Å². The molecule has 0 saturated carbocycles. The van der Waals surface area contributed by atoms with Crippen molar-refractivity contribution in [2.45, 2.75) is 22.9 Å². The lowest BCUT2D eigenvalue weighted by atomic mass is 10.1. The van der Waals surface area contributed by atoms with E-state index in [1.54, 1.807) is 0 Å². The largest absolute Gasteiger partial charge is 0.481 e. The number of nitrogens with one attached hydrogen (secondary N) is 2. The number of aliphatic carboxylic acids is 2. The second-order valence-corrected chi connectivity index (χ2v) is 10.3.